The number of halogens is 4. The van der Waals surface area contributed by atoms with E-state index in [4.69, 9.17) is 0 Å². The lowest BCUT2D eigenvalue weighted by Gasteiger charge is -2.14. The van der Waals surface area contributed by atoms with Crippen molar-refractivity contribution in [2.24, 2.45) is 5.92 Å². The van der Waals surface area contributed by atoms with E-state index < -0.39 is 18.6 Å². The Morgan fingerprint density at radius 3 is 2.83 bits per heavy atom. The average Bonchev–Trinajstić information content (AvgIpc) is 2.96. The quantitative estimate of drug-likeness (QED) is 0.786. The summed E-state index contributed by atoms with van der Waals surface area (Å²) in [6.45, 7) is 0.272. The standard InChI is InChI=1S/C15H18F4N2O2/c16-11-2-3-13(23-9-15(17,18)19)12(7-11)21-14(22)4-1-10-5-6-20-8-10/h2-3,7,10,20H,1,4-6,8-9H2,(H,21,22). The van der Waals surface area contributed by atoms with Crippen LogP contribution in [-0.4, -0.2) is 31.8 Å². The van der Waals surface area contributed by atoms with Crippen LogP contribution in [0.25, 0.3) is 0 Å². The van der Waals surface area contributed by atoms with Crippen molar-refractivity contribution in [1.82, 2.24) is 5.32 Å². The first-order chi connectivity index (χ1) is 10.8. The highest BCUT2D eigenvalue weighted by atomic mass is 19.4. The number of rotatable bonds is 6. The maximum Gasteiger partial charge on any atom is 0.422 e. The Morgan fingerprint density at radius 1 is 1.39 bits per heavy atom. The summed E-state index contributed by atoms with van der Waals surface area (Å²) >= 11 is 0. The monoisotopic (exact) mass is 334 g/mol. The normalized spacial score (nSPS) is 18.0. The van der Waals surface area contributed by atoms with Gasteiger partial charge in [-0.05, 0) is 44.0 Å². The summed E-state index contributed by atoms with van der Waals surface area (Å²) in [6.07, 6.45) is -2.62. The van der Waals surface area contributed by atoms with Crippen molar-refractivity contribution in [3.05, 3.63) is 24.0 Å². The molecule has 0 aliphatic carbocycles. The predicted molar refractivity (Wildman–Crippen MR) is 76.8 cm³/mol. The fraction of sp³-hybridized carbons (Fsp3) is 0.533. The Labute approximate surface area is 131 Å². The van der Waals surface area contributed by atoms with Gasteiger partial charge in [-0.1, -0.05) is 0 Å². The van der Waals surface area contributed by atoms with Crippen LogP contribution < -0.4 is 15.4 Å². The molecule has 4 nitrogen and oxygen atoms in total. The van der Waals surface area contributed by atoms with Gasteiger partial charge in [-0.15, -0.1) is 0 Å². The molecule has 2 rings (SSSR count). The maximum absolute atomic E-state index is 13.3. The van der Waals surface area contributed by atoms with Gasteiger partial charge in [0.25, 0.3) is 0 Å². The SMILES string of the molecule is O=C(CCC1CCNC1)Nc1cc(F)ccc1OCC(F)(F)F. The molecule has 0 spiro atoms. The summed E-state index contributed by atoms with van der Waals surface area (Å²) in [4.78, 5) is 11.9. The third kappa shape index (κ3) is 6.05. The van der Waals surface area contributed by atoms with Gasteiger partial charge in [-0.3, -0.25) is 4.79 Å². The van der Waals surface area contributed by atoms with Gasteiger partial charge in [0.05, 0.1) is 5.69 Å². The molecular formula is C15H18F4N2O2. The number of carbonyl (C=O) groups is 1. The maximum atomic E-state index is 13.3. The summed E-state index contributed by atoms with van der Waals surface area (Å²) in [7, 11) is 0. The summed E-state index contributed by atoms with van der Waals surface area (Å²) in [5.41, 5.74) is -0.0937. The molecule has 1 atom stereocenters. The van der Waals surface area contributed by atoms with Crippen molar-refractivity contribution in [3.63, 3.8) is 0 Å². The first-order valence-electron chi connectivity index (χ1n) is 7.33. The van der Waals surface area contributed by atoms with Gasteiger partial charge < -0.3 is 15.4 Å². The van der Waals surface area contributed by atoms with Crippen LogP contribution in [0.1, 0.15) is 19.3 Å². The zero-order valence-electron chi connectivity index (χ0n) is 12.4. The van der Waals surface area contributed by atoms with Crippen LogP contribution in [0.4, 0.5) is 23.2 Å². The van der Waals surface area contributed by atoms with Gasteiger partial charge in [0.2, 0.25) is 5.91 Å². The van der Waals surface area contributed by atoms with E-state index >= 15 is 0 Å². The summed E-state index contributed by atoms with van der Waals surface area (Å²) in [6, 6.07) is 2.99. The fourth-order valence-electron chi connectivity index (χ4n) is 2.39. The highest BCUT2D eigenvalue weighted by Gasteiger charge is 2.29. The molecule has 1 amide bonds. The summed E-state index contributed by atoms with van der Waals surface area (Å²) < 4.78 is 54.5. The number of nitrogens with one attached hydrogen (secondary N) is 2. The molecule has 0 radical (unpaired) electrons. The minimum Gasteiger partial charge on any atom is -0.482 e. The minimum absolute atomic E-state index is 0.0937. The lowest BCUT2D eigenvalue weighted by Crippen LogP contribution is -2.20. The lowest BCUT2D eigenvalue weighted by atomic mass is 10.0. The van der Waals surface area contributed by atoms with Crippen LogP contribution >= 0.6 is 0 Å². The van der Waals surface area contributed by atoms with Gasteiger partial charge in [-0.25, -0.2) is 4.39 Å². The smallest absolute Gasteiger partial charge is 0.422 e. The predicted octanol–water partition coefficient (Wildman–Crippen LogP) is 3.10. The first-order valence-corrected chi connectivity index (χ1v) is 7.33. The van der Waals surface area contributed by atoms with Crippen molar-refractivity contribution in [3.8, 4) is 5.75 Å². The van der Waals surface area contributed by atoms with Gasteiger partial charge in [-0.2, -0.15) is 13.2 Å². The van der Waals surface area contributed by atoms with Gasteiger partial charge in [0.15, 0.2) is 6.61 Å². The number of ether oxygens (including phenoxy) is 1. The number of amides is 1. The van der Waals surface area contributed by atoms with Crippen molar-refractivity contribution >= 4 is 11.6 Å². The fourth-order valence-corrected chi connectivity index (χ4v) is 2.39. The molecule has 1 aliphatic rings. The molecule has 1 unspecified atom stereocenters. The second kappa shape index (κ2) is 7.63. The van der Waals surface area contributed by atoms with Crippen LogP contribution in [0, 0.1) is 11.7 Å². The molecule has 1 aromatic carbocycles. The molecule has 2 N–H and O–H groups in total. The van der Waals surface area contributed by atoms with Crippen molar-refractivity contribution in [1.29, 1.82) is 0 Å². The highest BCUT2D eigenvalue weighted by molar-refractivity contribution is 5.92. The van der Waals surface area contributed by atoms with E-state index in [1.54, 1.807) is 0 Å². The van der Waals surface area contributed by atoms with Crippen LogP contribution in [-0.2, 0) is 4.79 Å². The number of benzene rings is 1. The lowest BCUT2D eigenvalue weighted by molar-refractivity contribution is -0.153. The molecule has 1 fully saturated rings. The Bertz CT molecular complexity index is 543. The topological polar surface area (TPSA) is 50.4 Å². The molecule has 1 aromatic rings. The molecular weight excluding hydrogens is 316 g/mol. The van der Waals surface area contributed by atoms with E-state index in [9.17, 15) is 22.4 Å². The molecule has 0 aromatic heterocycles. The molecule has 23 heavy (non-hydrogen) atoms. The van der Waals surface area contributed by atoms with E-state index in [1.807, 2.05) is 0 Å². The molecule has 1 saturated heterocycles. The van der Waals surface area contributed by atoms with Crippen LogP contribution in [0.3, 0.4) is 0 Å². The third-order valence-electron chi connectivity index (χ3n) is 3.55. The van der Waals surface area contributed by atoms with Crippen LogP contribution in [0.5, 0.6) is 5.75 Å². The average molecular weight is 334 g/mol. The first kappa shape index (κ1) is 17.5. The molecule has 0 saturated carbocycles. The van der Waals surface area contributed by atoms with Crippen LogP contribution in [0.15, 0.2) is 18.2 Å². The highest BCUT2D eigenvalue weighted by Crippen LogP contribution is 2.28. The number of hydrogen-bond donors (Lipinski definition) is 2. The second-order valence-corrected chi connectivity index (χ2v) is 5.49. The Balaban J connectivity index is 1.93. The van der Waals surface area contributed by atoms with E-state index in [-0.39, 0.29) is 23.8 Å². The van der Waals surface area contributed by atoms with Gasteiger partial charge >= 0.3 is 6.18 Å². The van der Waals surface area contributed by atoms with Crippen molar-refractivity contribution < 1.29 is 27.1 Å². The number of anilines is 1. The summed E-state index contributed by atoms with van der Waals surface area (Å²) in [5, 5.41) is 5.61. The second-order valence-electron chi connectivity index (χ2n) is 5.49. The molecule has 1 heterocycles. The van der Waals surface area contributed by atoms with Gasteiger partial charge in [0.1, 0.15) is 11.6 Å². The number of hydrogen-bond acceptors (Lipinski definition) is 3. The summed E-state index contributed by atoms with van der Waals surface area (Å²) in [5.74, 6) is -0.840. The zero-order chi connectivity index (χ0) is 16.9. The molecule has 0 bridgehead atoms. The van der Waals surface area contributed by atoms with E-state index in [1.165, 1.54) is 0 Å². The Morgan fingerprint density at radius 2 is 2.17 bits per heavy atom. The minimum atomic E-state index is -4.51. The van der Waals surface area contributed by atoms with E-state index in [2.05, 4.69) is 15.4 Å². The van der Waals surface area contributed by atoms with Crippen molar-refractivity contribution in [2.75, 3.05) is 25.0 Å². The Kier molecular flexibility index (Phi) is 5.81. The van der Waals surface area contributed by atoms with E-state index in [0.717, 1.165) is 37.7 Å². The number of alkyl halides is 3. The third-order valence-corrected chi connectivity index (χ3v) is 3.55. The Hall–Kier alpha value is -1.83. The van der Waals surface area contributed by atoms with Gasteiger partial charge in [0, 0.05) is 12.5 Å². The zero-order valence-corrected chi connectivity index (χ0v) is 12.4. The number of carbonyl (C=O) groups excluding carboxylic acids is 1. The largest absolute Gasteiger partial charge is 0.482 e. The molecule has 128 valence electrons. The van der Waals surface area contributed by atoms with E-state index in [0.29, 0.717) is 12.3 Å². The van der Waals surface area contributed by atoms with Crippen molar-refractivity contribution in [2.45, 2.75) is 25.4 Å². The molecule has 8 heteroatoms. The van der Waals surface area contributed by atoms with Crippen LogP contribution in [0.2, 0.25) is 0 Å². The molecule has 1 aliphatic heterocycles.